The molecule has 0 aliphatic carbocycles. The van der Waals surface area contributed by atoms with Crippen molar-refractivity contribution in [3.63, 3.8) is 0 Å². The van der Waals surface area contributed by atoms with E-state index in [1.807, 2.05) is 6.07 Å². The zero-order valence-corrected chi connectivity index (χ0v) is 10.6. The van der Waals surface area contributed by atoms with Gasteiger partial charge in [-0.15, -0.1) is 12.4 Å². The van der Waals surface area contributed by atoms with Gasteiger partial charge < -0.3 is 10.7 Å². The number of benzene rings is 1. The van der Waals surface area contributed by atoms with Crippen LogP contribution >= 0.6 is 12.4 Å². The number of aryl methyl sites for hydroxylation is 1. The molecule has 0 saturated heterocycles. The van der Waals surface area contributed by atoms with Crippen LogP contribution in [0.4, 0.5) is 0 Å². The maximum atomic E-state index is 6.20. The molecule has 0 spiro atoms. The van der Waals surface area contributed by atoms with E-state index in [9.17, 15) is 0 Å². The third-order valence-electron chi connectivity index (χ3n) is 2.91. The van der Waals surface area contributed by atoms with Crippen LogP contribution in [0, 0.1) is 6.92 Å². The molecule has 2 nitrogen and oxygen atoms in total. The summed E-state index contributed by atoms with van der Waals surface area (Å²) in [6.07, 6.45) is 2.17. The molecule has 1 heterocycles. The van der Waals surface area contributed by atoms with Gasteiger partial charge in [-0.25, -0.2) is 0 Å². The second-order valence-corrected chi connectivity index (χ2v) is 4.10. The van der Waals surface area contributed by atoms with Gasteiger partial charge in [0.05, 0.1) is 0 Å². The number of halogens is 1. The van der Waals surface area contributed by atoms with Crippen molar-refractivity contribution in [3.8, 4) is 0 Å². The van der Waals surface area contributed by atoms with Crippen molar-refractivity contribution >= 4 is 23.3 Å². The topological polar surface area (TPSA) is 41.8 Å². The van der Waals surface area contributed by atoms with Crippen molar-refractivity contribution in [1.82, 2.24) is 4.98 Å². The molecule has 0 unspecified atom stereocenters. The molecule has 0 aliphatic rings. The van der Waals surface area contributed by atoms with E-state index in [1.54, 1.807) is 0 Å². The molecule has 1 atom stereocenters. The van der Waals surface area contributed by atoms with E-state index in [4.69, 9.17) is 5.73 Å². The summed E-state index contributed by atoms with van der Waals surface area (Å²) in [6, 6.07) is 8.52. The van der Waals surface area contributed by atoms with Gasteiger partial charge in [-0.2, -0.15) is 0 Å². The summed E-state index contributed by atoms with van der Waals surface area (Å²) in [5.74, 6) is 0. The normalized spacial score (nSPS) is 12.4. The average Bonchev–Trinajstić information content (AvgIpc) is 2.54. The van der Waals surface area contributed by atoms with Crippen LogP contribution in [0.1, 0.15) is 37.1 Å². The van der Waals surface area contributed by atoms with Crippen molar-refractivity contribution in [2.45, 2.75) is 32.7 Å². The Hall–Kier alpha value is -0.990. The number of hydrogen-bond acceptors (Lipinski definition) is 1. The summed E-state index contributed by atoms with van der Waals surface area (Å²) in [7, 11) is 0. The number of nitrogens with one attached hydrogen (secondary N) is 1. The van der Waals surface area contributed by atoms with Gasteiger partial charge in [-0.05, 0) is 25.0 Å². The third kappa shape index (κ3) is 2.23. The fourth-order valence-electron chi connectivity index (χ4n) is 2.23. The molecule has 16 heavy (non-hydrogen) atoms. The predicted octanol–water partition coefficient (Wildman–Crippen LogP) is 3.70. The quantitative estimate of drug-likeness (QED) is 0.841. The van der Waals surface area contributed by atoms with Crippen molar-refractivity contribution in [3.05, 3.63) is 35.5 Å². The minimum absolute atomic E-state index is 0. The standard InChI is InChI=1S/C13H18N2.ClH/c1-3-6-11(14)13-9(2)15-12-8-5-4-7-10(12)13;/h4-5,7-8,11,15H,3,6,14H2,1-2H3;1H/t11-;/m1./s1. The second-order valence-electron chi connectivity index (χ2n) is 4.10. The highest BCUT2D eigenvalue weighted by Gasteiger charge is 2.13. The molecular formula is C13H19ClN2. The largest absolute Gasteiger partial charge is 0.358 e. The second kappa shape index (κ2) is 5.37. The fraction of sp³-hybridized carbons (Fsp3) is 0.385. The van der Waals surface area contributed by atoms with Crippen LogP contribution in [0.15, 0.2) is 24.3 Å². The molecule has 0 aliphatic heterocycles. The Morgan fingerprint density at radius 1 is 1.31 bits per heavy atom. The fourth-order valence-corrected chi connectivity index (χ4v) is 2.23. The Labute approximate surface area is 103 Å². The Bertz CT molecular complexity index is 462. The molecule has 3 N–H and O–H groups in total. The van der Waals surface area contributed by atoms with E-state index in [1.165, 1.54) is 22.2 Å². The van der Waals surface area contributed by atoms with Gasteiger partial charge in [0.25, 0.3) is 0 Å². The SMILES string of the molecule is CCC[C@@H](N)c1c(C)[nH]c2ccccc12.Cl. The van der Waals surface area contributed by atoms with Gasteiger partial charge in [0.15, 0.2) is 0 Å². The molecule has 2 rings (SSSR count). The zero-order valence-electron chi connectivity index (χ0n) is 9.79. The molecule has 88 valence electrons. The number of aromatic nitrogens is 1. The van der Waals surface area contributed by atoms with Gasteiger partial charge >= 0.3 is 0 Å². The van der Waals surface area contributed by atoms with Crippen LogP contribution < -0.4 is 5.73 Å². The Balaban J connectivity index is 0.00000128. The first-order valence-corrected chi connectivity index (χ1v) is 5.56. The average molecular weight is 239 g/mol. The predicted molar refractivity (Wildman–Crippen MR) is 72.1 cm³/mol. The number of para-hydroxylation sites is 1. The first-order valence-electron chi connectivity index (χ1n) is 5.56. The van der Waals surface area contributed by atoms with E-state index < -0.39 is 0 Å². The maximum Gasteiger partial charge on any atom is 0.0459 e. The molecule has 2 aromatic rings. The summed E-state index contributed by atoms with van der Waals surface area (Å²) in [5.41, 5.74) is 9.88. The lowest BCUT2D eigenvalue weighted by Crippen LogP contribution is -2.10. The molecule has 0 bridgehead atoms. The van der Waals surface area contributed by atoms with Crippen LogP contribution in [0.5, 0.6) is 0 Å². The van der Waals surface area contributed by atoms with Crippen molar-refractivity contribution in [1.29, 1.82) is 0 Å². The van der Waals surface area contributed by atoms with Gasteiger partial charge in [0, 0.05) is 22.6 Å². The molecule has 3 heteroatoms. The monoisotopic (exact) mass is 238 g/mol. The van der Waals surface area contributed by atoms with Gasteiger partial charge in [-0.3, -0.25) is 0 Å². The van der Waals surface area contributed by atoms with Crippen LogP contribution in [0.25, 0.3) is 10.9 Å². The van der Waals surface area contributed by atoms with Crippen LogP contribution in [0.3, 0.4) is 0 Å². The summed E-state index contributed by atoms with van der Waals surface area (Å²) < 4.78 is 0. The number of hydrogen-bond donors (Lipinski definition) is 2. The molecular weight excluding hydrogens is 220 g/mol. The van der Waals surface area contributed by atoms with E-state index in [-0.39, 0.29) is 18.4 Å². The number of fused-ring (bicyclic) bond motifs is 1. The first kappa shape index (κ1) is 13.1. The highest BCUT2D eigenvalue weighted by Crippen LogP contribution is 2.28. The highest BCUT2D eigenvalue weighted by atomic mass is 35.5. The summed E-state index contributed by atoms with van der Waals surface area (Å²) in [4.78, 5) is 3.39. The van der Waals surface area contributed by atoms with Crippen molar-refractivity contribution in [2.75, 3.05) is 0 Å². The third-order valence-corrected chi connectivity index (χ3v) is 2.91. The Kier molecular flexibility index (Phi) is 4.39. The Morgan fingerprint density at radius 3 is 2.69 bits per heavy atom. The van der Waals surface area contributed by atoms with Crippen LogP contribution in [-0.4, -0.2) is 4.98 Å². The number of aromatic amines is 1. The van der Waals surface area contributed by atoms with E-state index in [2.05, 4.69) is 37.0 Å². The van der Waals surface area contributed by atoms with E-state index in [0.717, 1.165) is 12.8 Å². The summed E-state index contributed by atoms with van der Waals surface area (Å²) in [6.45, 7) is 4.27. The van der Waals surface area contributed by atoms with Crippen molar-refractivity contribution < 1.29 is 0 Å². The highest BCUT2D eigenvalue weighted by molar-refractivity contribution is 5.85. The van der Waals surface area contributed by atoms with Gasteiger partial charge in [-0.1, -0.05) is 31.5 Å². The van der Waals surface area contributed by atoms with E-state index in [0.29, 0.717) is 0 Å². The smallest absolute Gasteiger partial charge is 0.0459 e. The number of nitrogens with two attached hydrogens (primary N) is 1. The molecule has 0 radical (unpaired) electrons. The van der Waals surface area contributed by atoms with Crippen molar-refractivity contribution in [2.24, 2.45) is 5.73 Å². The lowest BCUT2D eigenvalue weighted by molar-refractivity contribution is 0.639. The van der Waals surface area contributed by atoms with Crippen LogP contribution in [0.2, 0.25) is 0 Å². The van der Waals surface area contributed by atoms with Gasteiger partial charge in [0.1, 0.15) is 0 Å². The van der Waals surface area contributed by atoms with Crippen LogP contribution in [-0.2, 0) is 0 Å². The van der Waals surface area contributed by atoms with Gasteiger partial charge in [0.2, 0.25) is 0 Å². The molecule has 0 fully saturated rings. The first-order chi connectivity index (χ1) is 7.24. The zero-order chi connectivity index (χ0) is 10.8. The van der Waals surface area contributed by atoms with E-state index >= 15 is 0 Å². The minimum Gasteiger partial charge on any atom is -0.358 e. The lowest BCUT2D eigenvalue weighted by Gasteiger charge is -2.10. The number of H-pyrrole nitrogens is 1. The lowest BCUT2D eigenvalue weighted by atomic mass is 10.0. The Morgan fingerprint density at radius 2 is 2.00 bits per heavy atom. The number of rotatable bonds is 3. The molecule has 0 saturated carbocycles. The summed E-state index contributed by atoms with van der Waals surface area (Å²) >= 11 is 0. The summed E-state index contributed by atoms with van der Waals surface area (Å²) in [5, 5.41) is 1.27. The maximum absolute atomic E-state index is 6.20. The molecule has 1 aromatic carbocycles. The molecule has 0 amide bonds. The minimum atomic E-state index is 0. The molecule has 1 aromatic heterocycles.